The van der Waals surface area contributed by atoms with Gasteiger partial charge in [-0.3, -0.25) is 4.79 Å². The van der Waals surface area contributed by atoms with E-state index in [1.807, 2.05) is 0 Å². The van der Waals surface area contributed by atoms with Crippen molar-refractivity contribution < 1.29 is 18.7 Å². The quantitative estimate of drug-likeness (QED) is 0.391. The Morgan fingerprint density at radius 3 is 2.39 bits per heavy atom. The first-order chi connectivity index (χ1) is 13.0. The van der Waals surface area contributed by atoms with Crippen LogP contribution in [-0.2, 0) is 18.7 Å². The van der Waals surface area contributed by atoms with Crippen molar-refractivity contribution in [2.45, 2.75) is 97.6 Å². The van der Waals surface area contributed by atoms with Gasteiger partial charge in [0.1, 0.15) is 5.78 Å². The third-order valence-corrected chi connectivity index (χ3v) is 12.0. The molecular formula is C23H44O4Si. The van der Waals surface area contributed by atoms with Crippen molar-refractivity contribution in [1.29, 1.82) is 0 Å². The molecule has 2 aliphatic rings. The van der Waals surface area contributed by atoms with Crippen molar-refractivity contribution in [3.8, 4) is 0 Å². The Kier molecular flexibility index (Phi) is 8.75. The summed E-state index contributed by atoms with van der Waals surface area (Å²) in [5.74, 6) is 1.95. The maximum Gasteiger partial charge on any atom is 0.191 e. The van der Waals surface area contributed by atoms with E-state index in [0.29, 0.717) is 30.0 Å². The van der Waals surface area contributed by atoms with Gasteiger partial charge in [0.05, 0.1) is 13.2 Å². The van der Waals surface area contributed by atoms with E-state index in [2.05, 4.69) is 47.7 Å². The van der Waals surface area contributed by atoms with E-state index < -0.39 is 8.32 Å². The van der Waals surface area contributed by atoms with E-state index in [-0.39, 0.29) is 17.2 Å². The lowest BCUT2D eigenvalue weighted by molar-refractivity contribution is -0.183. The highest BCUT2D eigenvalue weighted by Crippen LogP contribution is 2.39. The fraction of sp³-hybridized carbons (Fsp3) is 0.957. The maximum absolute atomic E-state index is 13.1. The highest BCUT2D eigenvalue weighted by Gasteiger charge is 2.39. The summed E-state index contributed by atoms with van der Waals surface area (Å²) in [4.78, 5) is 13.1. The van der Waals surface area contributed by atoms with E-state index in [1.54, 1.807) is 0 Å². The minimum Gasteiger partial charge on any atom is -0.417 e. The zero-order chi connectivity index (χ0) is 20.9. The van der Waals surface area contributed by atoms with Crippen LogP contribution in [0.15, 0.2) is 0 Å². The first kappa shape index (κ1) is 24.0. The highest BCUT2D eigenvalue weighted by atomic mass is 28.4. The van der Waals surface area contributed by atoms with Crippen LogP contribution in [0.1, 0.15) is 73.1 Å². The molecule has 0 aromatic rings. The Labute approximate surface area is 174 Å². The summed E-state index contributed by atoms with van der Waals surface area (Å²) in [6.07, 6.45) is 5.73. The lowest BCUT2D eigenvalue weighted by Crippen LogP contribution is -2.42. The molecule has 164 valence electrons. The van der Waals surface area contributed by atoms with Crippen LogP contribution in [0.25, 0.3) is 0 Å². The Morgan fingerprint density at radius 2 is 1.79 bits per heavy atom. The van der Waals surface area contributed by atoms with Gasteiger partial charge in [0.15, 0.2) is 14.6 Å². The molecule has 28 heavy (non-hydrogen) atoms. The molecule has 0 aromatic carbocycles. The Morgan fingerprint density at radius 1 is 1.14 bits per heavy atom. The molecule has 2 fully saturated rings. The summed E-state index contributed by atoms with van der Waals surface area (Å²) in [5, 5.41) is 0.211. The molecule has 0 unspecified atom stereocenters. The van der Waals surface area contributed by atoms with E-state index in [1.165, 1.54) is 0 Å². The molecule has 1 aliphatic heterocycles. The highest BCUT2D eigenvalue weighted by molar-refractivity contribution is 6.74. The topological polar surface area (TPSA) is 44.8 Å². The number of hydrogen-bond donors (Lipinski definition) is 0. The van der Waals surface area contributed by atoms with Crippen LogP contribution >= 0.6 is 0 Å². The van der Waals surface area contributed by atoms with Gasteiger partial charge in [-0.1, -0.05) is 34.6 Å². The van der Waals surface area contributed by atoms with Crippen LogP contribution in [-0.4, -0.2) is 40.2 Å². The number of ketones is 1. The molecule has 0 amide bonds. The van der Waals surface area contributed by atoms with Crippen molar-refractivity contribution in [3.63, 3.8) is 0 Å². The lowest BCUT2D eigenvalue weighted by atomic mass is 9.85. The first-order valence-electron chi connectivity index (χ1n) is 11.4. The third kappa shape index (κ3) is 6.65. The summed E-state index contributed by atoms with van der Waals surface area (Å²) in [6.45, 7) is 18.3. The second-order valence-corrected chi connectivity index (χ2v) is 15.6. The van der Waals surface area contributed by atoms with Gasteiger partial charge in [-0.05, 0) is 68.0 Å². The number of carbonyl (C=O) groups excluding carboxylic acids is 1. The van der Waals surface area contributed by atoms with Gasteiger partial charge in [0.2, 0.25) is 0 Å². The van der Waals surface area contributed by atoms with Crippen LogP contribution in [0.5, 0.6) is 0 Å². The maximum atomic E-state index is 13.1. The van der Waals surface area contributed by atoms with Gasteiger partial charge in [-0.2, -0.15) is 0 Å². The molecule has 0 N–H and O–H groups in total. The largest absolute Gasteiger partial charge is 0.417 e. The van der Waals surface area contributed by atoms with Gasteiger partial charge in [-0.15, -0.1) is 0 Å². The lowest BCUT2D eigenvalue weighted by Gasteiger charge is -2.37. The van der Waals surface area contributed by atoms with E-state index in [4.69, 9.17) is 13.9 Å². The summed E-state index contributed by atoms with van der Waals surface area (Å²) >= 11 is 0. The smallest absolute Gasteiger partial charge is 0.191 e. The zero-order valence-corrected chi connectivity index (χ0v) is 20.4. The molecule has 1 heterocycles. The predicted molar refractivity (Wildman–Crippen MR) is 117 cm³/mol. The van der Waals surface area contributed by atoms with Crippen LogP contribution in [0, 0.1) is 23.7 Å². The zero-order valence-electron chi connectivity index (χ0n) is 19.4. The van der Waals surface area contributed by atoms with Gasteiger partial charge in [0.25, 0.3) is 0 Å². The molecule has 0 bridgehead atoms. The third-order valence-electron chi connectivity index (χ3n) is 7.48. The van der Waals surface area contributed by atoms with Crippen molar-refractivity contribution in [3.05, 3.63) is 0 Å². The summed E-state index contributed by atoms with van der Waals surface area (Å²) in [7, 11) is -1.76. The molecule has 1 saturated heterocycles. The molecule has 5 heteroatoms. The fourth-order valence-corrected chi connectivity index (χ4v) is 5.28. The Balaban J connectivity index is 1.87. The van der Waals surface area contributed by atoms with Crippen LogP contribution in [0.4, 0.5) is 0 Å². The number of hydrogen-bond acceptors (Lipinski definition) is 4. The van der Waals surface area contributed by atoms with Crippen molar-refractivity contribution >= 4 is 14.1 Å². The molecule has 0 spiro atoms. The Bertz CT molecular complexity index is 493. The molecule has 0 radical (unpaired) electrons. The van der Waals surface area contributed by atoms with E-state index in [0.717, 1.165) is 51.9 Å². The summed E-state index contributed by atoms with van der Waals surface area (Å²) in [6, 6.07) is 0. The normalized spacial score (nSPS) is 29.5. The second-order valence-electron chi connectivity index (χ2n) is 10.7. The molecule has 0 aromatic heterocycles. The van der Waals surface area contributed by atoms with E-state index in [9.17, 15) is 4.79 Å². The number of rotatable bonds is 7. The predicted octanol–water partition coefficient (Wildman–Crippen LogP) is 5.81. The molecule has 2 rings (SSSR count). The standard InChI is InChI=1S/C23H44O4Si/c1-17-9-11-20(18(2)16-27-28(6,7)23(3,4)5)21(24)15-19(17)10-12-22-25-13-8-14-26-22/h17-20,22H,8-16H2,1-7H3/t17-,18+,19-,20-/m0/s1. The average molecular weight is 413 g/mol. The van der Waals surface area contributed by atoms with Gasteiger partial charge in [-0.25, -0.2) is 0 Å². The Hall–Kier alpha value is -0.233. The first-order valence-corrected chi connectivity index (χ1v) is 14.3. The van der Waals surface area contributed by atoms with Crippen LogP contribution in [0.2, 0.25) is 18.1 Å². The fourth-order valence-electron chi connectivity index (χ4n) is 4.16. The SMILES string of the molecule is C[C@H](CO[Si](C)(C)C(C)(C)C)[C@@H]1CC[C@H](C)[C@@H](CCC2OCCCO2)CC1=O. The van der Waals surface area contributed by atoms with Crippen LogP contribution < -0.4 is 0 Å². The van der Waals surface area contributed by atoms with Gasteiger partial charge >= 0.3 is 0 Å². The van der Waals surface area contributed by atoms with Crippen molar-refractivity contribution in [2.24, 2.45) is 23.7 Å². The second kappa shape index (κ2) is 10.2. The number of Topliss-reactive ketones (excluding diaryl/α,β-unsaturated/α-hetero) is 1. The summed E-state index contributed by atoms with van der Waals surface area (Å²) in [5.41, 5.74) is 0. The van der Waals surface area contributed by atoms with Gasteiger partial charge < -0.3 is 13.9 Å². The van der Waals surface area contributed by atoms with Crippen LogP contribution in [0.3, 0.4) is 0 Å². The molecule has 4 atom stereocenters. The van der Waals surface area contributed by atoms with Crippen molar-refractivity contribution in [1.82, 2.24) is 0 Å². The van der Waals surface area contributed by atoms with Gasteiger partial charge in [0, 0.05) is 18.9 Å². The minimum atomic E-state index is -1.76. The van der Waals surface area contributed by atoms with E-state index >= 15 is 0 Å². The number of carbonyl (C=O) groups is 1. The minimum absolute atomic E-state index is 0.0630. The molecule has 1 saturated carbocycles. The molecule has 4 nitrogen and oxygen atoms in total. The number of ether oxygens (including phenoxy) is 2. The molecular weight excluding hydrogens is 368 g/mol. The molecule has 1 aliphatic carbocycles. The van der Waals surface area contributed by atoms with Crippen molar-refractivity contribution in [2.75, 3.05) is 19.8 Å². The summed E-state index contributed by atoms with van der Waals surface area (Å²) < 4.78 is 17.8. The average Bonchev–Trinajstić information content (AvgIpc) is 2.76. The monoisotopic (exact) mass is 412 g/mol.